The number of nitrogens with one attached hydrogen (secondary N) is 1. The van der Waals surface area contributed by atoms with E-state index in [0.29, 0.717) is 17.5 Å². The zero-order valence-corrected chi connectivity index (χ0v) is 16.2. The number of aryl methyl sites for hydroxylation is 1. The normalized spacial score (nSPS) is 21.4. The van der Waals surface area contributed by atoms with Gasteiger partial charge in [-0.2, -0.15) is 0 Å². The highest BCUT2D eigenvalue weighted by Gasteiger charge is 2.32. The predicted molar refractivity (Wildman–Crippen MR) is 104 cm³/mol. The van der Waals surface area contributed by atoms with Crippen LogP contribution in [0.1, 0.15) is 55.1 Å². The summed E-state index contributed by atoms with van der Waals surface area (Å²) < 4.78 is 7.64. The van der Waals surface area contributed by atoms with E-state index in [0.717, 1.165) is 37.9 Å². The molecule has 1 aromatic carbocycles. The number of carbonyl (C=O) groups excluding carboxylic acids is 2. The lowest BCUT2D eigenvalue weighted by Gasteiger charge is -2.22. The summed E-state index contributed by atoms with van der Waals surface area (Å²) >= 11 is 0. The molecule has 0 aliphatic carbocycles. The average Bonchev–Trinajstić information content (AvgIpc) is 3.11. The lowest BCUT2D eigenvalue weighted by atomic mass is 10.0. The van der Waals surface area contributed by atoms with E-state index in [-0.39, 0.29) is 18.3 Å². The van der Waals surface area contributed by atoms with Gasteiger partial charge in [-0.15, -0.1) is 5.10 Å². The maximum atomic E-state index is 12.8. The second-order valence-corrected chi connectivity index (χ2v) is 7.33. The molecule has 4 rings (SSSR count). The molecule has 8 heteroatoms. The van der Waals surface area contributed by atoms with Gasteiger partial charge < -0.3 is 15.0 Å². The summed E-state index contributed by atoms with van der Waals surface area (Å²) in [5.41, 5.74) is 0.683. The predicted octanol–water partition coefficient (Wildman–Crippen LogP) is 2.11. The molecule has 1 N–H and O–H groups in total. The fourth-order valence-corrected chi connectivity index (χ4v) is 3.91. The van der Waals surface area contributed by atoms with Crippen LogP contribution in [-0.2, 0) is 11.2 Å². The first-order chi connectivity index (χ1) is 13.6. The van der Waals surface area contributed by atoms with Crippen molar-refractivity contribution in [2.75, 3.05) is 18.6 Å². The lowest BCUT2D eigenvalue weighted by Crippen LogP contribution is -2.49. The van der Waals surface area contributed by atoms with E-state index in [1.165, 1.54) is 4.90 Å². The van der Waals surface area contributed by atoms with E-state index in [9.17, 15) is 9.59 Å². The number of hydrogen-bond donors (Lipinski definition) is 1. The quantitative estimate of drug-likeness (QED) is 0.873. The molecule has 2 amide bonds. The molecule has 0 saturated carbocycles. The molecule has 0 fully saturated rings. The molecule has 2 aromatic rings. The molecule has 0 bridgehead atoms. The molecular weight excluding hydrogens is 358 g/mol. The van der Waals surface area contributed by atoms with Gasteiger partial charge in [0.05, 0.1) is 11.7 Å². The first kappa shape index (κ1) is 18.5. The van der Waals surface area contributed by atoms with Gasteiger partial charge in [0, 0.05) is 13.5 Å². The number of nitrogens with zero attached hydrogens (tertiary/aromatic N) is 4. The third kappa shape index (κ3) is 3.34. The Hall–Kier alpha value is -2.90. The highest BCUT2D eigenvalue weighted by Crippen LogP contribution is 2.30. The average molecular weight is 383 g/mol. The first-order valence-corrected chi connectivity index (χ1v) is 9.84. The van der Waals surface area contributed by atoms with Crippen molar-refractivity contribution < 1.29 is 14.3 Å². The number of ether oxygens (including phenoxy) is 1. The van der Waals surface area contributed by atoms with Gasteiger partial charge in [0.25, 0.3) is 11.8 Å². The van der Waals surface area contributed by atoms with Crippen molar-refractivity contribution in [1.29, 1.82) is 0 Å². The fraction of sp³-hybridized carbons (Fsp3) is 0.500. The Balaban J connectivity index is 1.51. The highest BCUT2D eigenvalue weighted by atomic mass is 16.5. The number of benzene rings is 1. The van der Waals surface area contributed by atoms with Crippen LogP contribution >= 0.6 is 0 Å². The summed E-state index contributed by atoms with van der Waals surface area (Å²) in [6.45, 7) is 2.21. The number of rotatable bonds is 4. The Labute approximate surface area is 163 Å². The second-order valence-electron chi connectivity index (χ2n) is 7.33. The van der Waals surface area contributed by atoms with Crippen LogP contribution in [0.15, 0.2) is 24.3 Å². The maximum Gasteiger partial charge on any atom is 0.291 e. The van der Waals surface area contributed by atoms with Crippen LogP contribution in [0, 0.1) is 0 Å². The molecule has 8 nitrogen and oxygen atoms in total. The SMILES string of the molecule is CCC[C@H]1CCCc2nc(C(=O)NC3COc4ccccc4N(C)C3=O)nn21. The Kier molecular flexibility index (Phi) is 5.02. The van der Waals surface area contributed by atoms with Crippen LogP contribution in [0.3, 0.4) is 0 Å². The van der Waals surface area contributed by atoms with Crippen LogP contribution in [0.5, 0.6) is 5.75 Å². The molecule has 0 radical (unpaired) electrons. The largest absolute Gasteiger partial charge is 0.489 e. The molecule has 148 valence electrons. The van der Waals surface area contributed by atoms with Crippen LogP contribution in [0.4, 0.5) is 5.69 Å². The second kappa shape index (κ2) is 7.61. The van der Waals surface area contributed by atoms with Crippen molar-refractivity contribution in [1.82, 2.24) is 20.1 Å². The highest BCUT2D eigenvalue weighted by molar-refractivity contribution is 6.02. The maximum absolute atomic E-state index is 12.8. The van der Waals surface area contributed by atoms with Crippen molar-refractivity contribution in [2.24, 2.45) is 0 Å². The van der Waals surface area contributed by atoms with Crippen molar-refractivity contribution in [3.05, 3.63) is 35.9 Å². The van der Waals surface area contributed by atoms with Crippen molar-refractivity contribution in [3.8, 4) is 5.75 Å². The molecule has 0 saturated heterocycles. The van der Waals surface area contributed by atoms with Gasteiger partial charge >= 0.3 is 0 Å². The van der Waals surface area contributed by atoms with Gasteiger partial charge in [0.2, 0.25) is 5.82 Å². The molecular formula is C20H25N5O3. The monoisotopic (exact) mass is 383 g/mol. The summed E-state index contributed by atoms with van der Waals surface area (Å²) in [5.74, 6) is 0.913. The van der Waals surface area contributed by atoms with Crippen LogP contribution < -0.4 is 15.0 Å². The Morgan fingerprint density at radius 1 is 1.36 bits per heavy atom. The van der Waals surface area contributed by atoms with Crippen LogP contribution in [0.2, 0.25) is 0 Å². The molecule has 2 aliphatic heterocycles. The number of anilines is 1. The topological polar surface area (TPSA) is 89.3 Å². The summed E-state index contributed by atoms with van der Waals surface area (Å²) in [6, 6.07) is 6.82. The molecule has 2 aliphatic rings. The number of para-hydroxylation sites is 2. The Morgan fingerprint density at radius 3 is 3.00 bits per heavy atom. The molecule has 1 aromatic heterocycles. The third-order valence-electron chi connectivity index (χ3n) is 5.38. The number of fused-ring (bicyclic) bond motifs is 2. The van der Waals surface area contributed by atoms with Crippen molar-refractivity contribution in [3.63, 3.8) is 0 Å². The number of carbonyl (C=O) groups is 2. The Bertz CT molecular complexity index is 894. The minimum absolute atomic E-state index is 0.0674. The molecule has 0 spiro atoms. The molecule has 1 unspecified atom stereocenters. The van der Waals surface area contributed by atoms with Crippen molar-refractivity contribution >= 4 is 17.5 Å². The minimum Gasteiger partial charge on any atom is -0.489 e. The van der Waals surface area contributed by atoms with E-state index in [4.69, 9.17) is 4.74 Å². The number of aromatic nitrogens is 3. The van der Waals surface area contributed by atoms with Gasteiger partial charge in [-0.1, -0.05) is 25.5 Å². The van der Waals surface area contributed by atoms with Gasteiger partial charge in [0.1, 0.15) is 24.2 Å². The van der Waals surface area contributed by atoms with Crippen LogP contribution in [0.25, 0.3) is 0 Å². The van der Waals surface area contributed by atoms with Crippen LogP contribution in [-0.4, -0.2) is 46.3 Å². The fourth-order valence-electron chi connectivity index (χ4n) is 3.91. The molecule has 2 atom stereocenters. The summed E-state index contributed by atoms with van der Waals surface area (Å²) in [5, 5.41) is 7.20. The van der Waals surface area contributed by atoms with E-state index in [2.05, 4.69) is 22.3 Å². The number of amides is 2. The zero-order valence-electron chi connectivity index (χ0n) is 16.2. The van der Waals surface area contributed by atoms with E-state index in [1.807, 2.05) is 28.9 Å². The van der Waals surface area contributed by atoms with E-state index >= 15 is 0 Å². The molecule has 28 heavy (non-hydrogen) atoms. The van der Waals surface area contributed by atoms with E-state index in [1.54, 1.807) is 7.05 Å². The summed E-state index contributed by atoms with van der Waals surface area (Å²) in [4.78, 5) is 31.5. The zero-order chi connectivity index (χ0) is 19.7. The Morgan fingerprint density at radius 2 is 2.18 bits per heavy atom. The summed E-state index contributed by atoms with van der Waals surface area (Å²) in [7, 11) is 1.68. The van der Waals surface area contributed by atoms with Gasteiger partial charge in [-0.05, 0) is 31.4 Å². The lowest BCUT2D eigenvalue weighted by molar-refractivity contribution is -0.120. The third-order valence-corrected chi connectivity index (χ3v) is 5.38. The minimum atomic E-state index is -0.795. The van der Waals surface area contributed by atoms with Gasteiger partial charge in [-0.25, -0.2) is 9.67 Å². The summed E-state index contributed by atoms with van der Waals surface area (Å²) in [6.07, 6.45) is 5.03. The van der Waals surface area contributed by atoms with Gasteiger partial charge in [0.15, 0.2) is 0 Å². The van der Waals surface area contributed by atoms with E-state index < -0.39 is 11.9 Å². The smallest absolute Gasteiger partial charge is 0.291 e. The number of likely N-dealkylation sites (N-methyl/N-ethyl adjacent to an activating group) is 1. The molecule has 3 heterocycles. The van der Waals surface area contributed by atoms with Gasteiger partial charge in [-0.3, -0.25) is 9.59 Å². The number of hydrogen-bond acceptors (Lipinski definition) is 5. The van der Waals surface area contributed by atoms with Crippen molar-refractivity contribution in [2.45, 2.75) is 51.1 Å². The standard InChI is InChI=1S/C20H25N5O3/c1-3-7-13-8-6-11-17-22-18(23-25(13)17)19(26)21-14-12-28-16-10-5-4-9-15(16)24(2)20(14)27/h4-5,9-10,13-14H,3,6-8,11-12H2,1-2H3,(H,21,26)/t13-,14?/m0/s1. The first-order valence-electron chi connectivity index (χ1n) is 9.84.